The lowest BCUT2D eigenvalue weighted by molar-refractivity contribution is -0.137. The molecule has 1 atom stereocenters. The Kier molecular flexibility index (Phi) is 5.74. The number of carbonyl (C=O) groups is 1. The highest BCUT2D eigenvalue weighted by atomic mass is 32.1. The number of amides is 1. The number of nitrogens with zero attached hydrogens (tertiary/aromatic N) is 2. The summed E-state index contributed by atoms with van der Waals surface area (Å²) in [7, 11) is 0. The summed E-state index contributed by atoms with van der Waals surface area (Å²) in [5.74, 6) is -0.245. The smallest absolute Gasteiger partial charge is 0.370 e. The fraction of sp³-hybridized carbons (Fsp3) is 0.474. The van der Waals surface area contributed by atoms with Crippen molar-refractivity contribution in [1.29, 1.82) is 0 Å². The summed E-state index contributed by atoms with van der Waals surface area (Å²) < 4.78 is 39.4. The van der Waals surface area contributed by atoms with Crippen LogP contribution in [0.15, 0.2) is 23.6 Å². The standard InChI is InChI=1S/C19H22F3N3OS/c1-3-12(2)18-24-15(11-27-18)17(26)23-14-10-13(19(20,21)22)6-7-16(14)25-8-4-5-9-25/h6-7,10-12H,3-5,8-9H2,1-2H3,(H,23,26). The highest BCUT2D eigenvalue weighted by Crippen LogP contribution is 2.36. The van der Waals surface area contributed by atoms with Gasteiger partial charge in [-0.3, -0.25) is 4.79 Å². The maximum absolute atomic E-state index is 13.1. The molecule has 0 spiro atoms. The molecule has 1 fully saturated rings. The van der Waals surface area contributed by atoms with Gasteiger partial charge >= 0.3 is 6.18 Å². The monoisotopic (exact) mass is 397 g/mol. The fourth-order valence-corrected chi connectivity index (χ4v) is 3.97. The molecule has 4 nitrogen and oxygen atoms in total. The molecule has 1 unspecified atom stereocenters. The molecule has 1 aromatic carbocycles. The molecule has 1 aromatic heterocycles. The summed E-state index contributed by atoms with van der Waals surface area (Å²) in [5.41, 5.74) is 0.250. The zero-order valence-electron chi connectivity index (χ0n) is 15.3. The van der Waals surface area contributed by atoms with E-state index < -0.39 is 17.6 Å². The normalized spacial score (nSPS) is 15.8. The van der Waals surface area contributed by atoms with Crippen molar-refractivity contribution < 1.29 is 18.0 Å². The Balaban J connectivity index is 1.89. The van der Waals surface area contributed by atoms with Crippen molar-refractivity contribution in [3.8, 4) is 0 Å². The van der Waals surface area contributed by atoms with Gasteiger partial charge in [0.2, 0.25) is 0 Å². The second-order valence-corrected chi connectivity index (χ2v) is 7.65. The first-order valence-electron chi connectivity index (χ1n) is 9.02. The van der Waals surface area contributed by atoms with Crippen LogP contribution in [0.3, 0.4) is 0 Å². The summed E-state index contributed by atoms with van der Waals surface area (Å²) in [6.07, 6.45) is -1.59. The van der Waals surface area contributed by atoms with E-state index in [1.807, 2.05) is 18.7 Å². The third-order valence-corrected chi connectivity index (χ3v) is 5.88. The van der Waals surface area contributed by atoms with Crippen molar-refractivity contribution in [3.63, 3.8) is 0 Å². The quantitative estimate of drug-likeness (QED) is 0.722. The molecule has 1 aliphatic heterocycles. The van der Waals surface area contributed by atoms with Crippen molar-refractivity contribution in [1.82, 2.24) is 4.98 Å². The van der Waals surface area contributed by atoms with E-state index in [-0.39, 0.29) is 17.3 Å². The van der Waals surface area contributed by atoms with Crippen molar-refractivity contribution in [2.75, 3.05) is 23.3 Å². The molecular weight excluding hydrogens is 375 g/mol. The Morgan fingerprint density at radius 1 is 1.33 bits per heavy atom. The summed E-state index contributed by atoms with van der Waals surface area (Å²) in [5, 5.41) is 5.16. The number of rotatable bonds is 5. The number of benzene rings is 1. The number of anilines is 2. The molecule has 0 aliphatic carbocycles. The Bertz CT molecular complexity index is 813. The molecule has 1 saturated heterocycles. The second kappa shape index (κ2) is 7.88. The van der Waals surface area contributed by atoms with E-state index in [1.165, 1.54) is 17.4 Å². The van der Waals surface area contributed by atoms with Gasteiger partial charge in [-0.2, -0.15) is 13.2 Å². The number of halogens is 3. The number of carbonyl (C=O) groups excluding carboxylic acids is 1. The zero-order chi connectivity index (χ0) is 19.6. The Hall–Kier alpha value is -2.09. The Morgan fingerprint density at radius 2 is 2.04 bits per heavy atom. The lowest BCUT2D eigenvalue weighted by Gasteiger charge is -2.22. The van der Waals surface area contributed by atoms with Crippen molar-refractivity contribution in [3.05, 3.63) is 39.8 Å². The van der Waals surface area contributed by atoms with E-state index >= 15 is 0 Å². The van der Waals surface area contributed by atoms with Crippen LogP contribution in [0.25, 0.3) is 0 Å². The highest BCUT2D eigenvalue weighted by molar-refractivity contribution is 7.09. The Labute approximate surface area is 160 Å². The van der Waals surface area contributed by atoms with Gasteiger partial charge in [0, 0.05) is 24.4 Å². The van der Waals surface area contributed by atoms with Gasteiger partial charge in [0.1, 0.15) is 5.69 Å². The highest BCUT2D eigenvalue weighted by Gasteiger charge is 2.32. The summed E-state index contributed by atoms with van der Waals surface area (Å²) in [6, 6.07) is 3.51. The van der Waals surface area contributed by atoms with Crippen LogP contribution in [0.5, 0.6) is 0 Å². The minimum absolute atomic E-state index is 0.176. The molecule has 146 valence electrons. The number of alkyl halides is 3. The van der Waals surface area contributed by atoms with Gasteiger partial charge in [-0.25, -0.2) is 4.98 Å². The van der Waals surface area contributed by atoms with Crippen molar-refractivity contribution >= 4 is 28.6 Å². The van der Waals surface area contributed by atoms with Gasteiger partial charge in [-0.1, -0.05) is 13.8 Å². The minimum Gasteiger partial charge on any atom is -0.370 e. The third-order valence-electron chi connectivity index (χ3n) is 4.81. The van der Waals surface area contributed by atoms with Gasteiger partial charge in [0.05, 0.1) is 21.9 Å². The average molecular weight is 397 g/mol. The molecule has 2 heterocycles. The first kappa shape index (κ1) is 19.7. The number of thiazole rings is 1. The maximum atomic E-state index is 13.1. The fourth-order valence-electron chi connectivity index (χ4n) is 3.03. The second-order valence-electron chi connectivity index (χ2n) is 6.76. The molecule has 1 amide bonds. The van der Waals surface area contributed by atoms with Crippen LogP contribution in [-0.2, 0) is 6.18 Å². The third kappa shape index (κ3) is 4.43. The van der Waals surface area contributed by atoms with Crippen LogP contribution in [-0.4, -0.2) is 24.0 Å². The van der Waals surface area contributed by atoms with E-state index in [2.05, 4.69) is 10.3 Å². The van der Waals surface area contributed by atoms with Crippen LogP contribution in [0, 0.1) is 0 Å². The molecule has 2 aromatic rings. The van der Waals surface area contributed by atoms with Gasteiger partial charge in [0.15, 0.2) is 0 Å². The molecule has 3 rings (SSSR count). The molecule has 1 aliphatic rings. The molecule has 8 heteroatoms. The van der Waals surface area contributed by atoms with Gasteiger partial charge < -0.3 is 10.2 Å². The molecule has 0 bridgehead atoms. The summed E-state index contributed by atoms with van der Waals surface area (Å²) in [6.45, 7) is 5.60. The SMILES string of the molecule is CCC(C)c1nc(C(=O)Nc2cc(C(F)(F)F)ccc2N2CCCC2)cs1. The van der Waals surface area contributed by atoms with Crippen LogP contribution < -0.4 is 10.2 Å². The van der Waals surface area contributed by atoms with Crippen LogP contribution in [0.2, 0.25) is 0 Å². The minimum atomic E-state index is -4.46. The van der Waals surface area contributed by atoms with Gasteiger partial charge in [0.25, 0.3) is 5.91 Å². The van der Waals surface area contributed by atoms with Crippen LogP contribution in [0.1, 0.15) is 60.1 Å². The predicted molar refractivity (Wildman–Crippen MR) is 102 cm³/mol. The lowest BCUT2D eigenvalue weighted by atomic mass is 10.1. The van der Waals surface area contributed by atoms with Crippen LogP contribution >= 0.6 is 11.3 Å². The molecule has 0 saturated carbocycles. The van der Waals surface area contributed by atoms with Crippen molar-refractivity contribution in [2.24, 2.45) is 0 Å². The van der Waals surface area contributed by atoms with Crippen LogP contribution in [0.4, 0.5) is 24.5 Å². The molecule has 0 radical (unpaired) electrons. The van der Waals surface area contributed by atoms with Gasteiger partial charge in [-0.05, 0) is 37.5 Å². The van der Waals surface area contributed by atoms with E-state index in [4.69, 9.17) is 0 Å². The first-order chi connectivity index (χ1) is 12.8. The van der Waals surface area contributed by atoms with E-state index in [0.29, 0.717) is 5.69 Å². The van der Waals surface area contributed by atoms with E-state index in [9.17, 15) is 18.0 Å². The predicted octanol–water partition coefficient (Wildman–Crippen LogP) is 5.53. The topological polar surface area (TPSA) is 45.2 Å². The van der Waals surface area contributed by atoms with E-state index in [0.717, 1.165) is 49.5 Å². The van der Waals surface area contributed by atoms with Crippen molar-refractivity contribution in [2.45, 2.75) is 45.2 Å². The summed E-state index contributed by atoms with van der Waals surface area (Å²) in [4.78, 5) is 18.9. The average Bonchev–Trinajstić information content (AvgIpc) is 3.32. The molecule has 1 N–H and O–H groups in total. The largest absolute Gasteiger partial charge is 0.416 e. The van der Waals surface area contributed by atoms with E-state index in [1.54, 1.807) is 5.38 Å². The number of hydrogen-bond acceptors (Lipinski definition) is 4. The number of aromatic nitrogens is 1. The zero-order valence-corrected chi connectivity index (χ0v) is 16.1. The maximum Gasteiger partial charge on any atom is 0.416 e. The molecular formula is C19H22F3N3OS. The lowest BCUT2D eigenvalue weighted by Crippen LogP contribution is -2.22. The molecule has 27 heavy (non-hydrogen) atoms. The van der Waals surface area contributed by atoms with Gasteiger partial charge in [-0.15, -0.1) is 11.3 Å². The number of nitrogens with one attached hydrogen (secondary N) is 1. The summed E-state index contributed by atoms with van der Waals surface area (Å²) >= 11 is 1.40. The number of hydrogen-bond donors (Lipinski definition) is 1. The Morgan fingerprint density at radius 3 is 2.67 bits per heavy atom. The first-order valence-corrected chi connectivity index (χ1v) is 9.90.